The molecule has 0 fully saturated rings. The van der Waals surface area contributed by atoms with E-state index in [-0.39, 0.29) is 5.92 Å². The summed E-state index contributed by atoms with van der Waals surface area (Å²) in [5.41, 5.74) is 7.48. The van der Waals surface area contributed by atoms with Crippen LogP contribution in [0.15, 0.2) is 24.3 Å². The molecule has 88 valence electrons. The molecule has 0 amide bonds. The summed E-state index contributed by atoms with van der Waals surface area (Å²) in [4.78, 5) is 13.1. The number of nitrogens with two attached hydrogens (primary N) is 1. The molecule has 0 atom stereocenters. The normalized spacial score (nSPS) is 10.8. The van der Waals surface area contributed by atoms with E-state index in [0.717, 1.165) is 17.2 Å². The van der Waals surface area contributed by atoms with Crippen molar-refractivity contribution in [3.8, 4) is 11.4 Å². The predicted octanol–water partition coefficient (Wildman–Crippen LogP) is 2.55. The van der Waals surface area contributed by atoms with Crippen LogP contribution in [-0.4, -0.2) is 15.0 Å². The lowest BCUT2D eigenvalue weighted by Crippen LogP contribution is -2.05. The zero-order valence-electron chi connectivity index (χ0n) is 10.3. The molecule has 0 saturated heterocycles. The van der Waals surface area contributed by atoms with E-state index < -0.39 is 0 Å². The van der Waals surface area contributed by atoms with E-state index in [0.29, 0.717) is 11.5 Å². The van der Waals surface area contributed by atoms with Crippen molar-refractivity contribution in [3.63, 3.8) is 0 Å². The number of nitrogens with zero attached hydrogens (tertiary/aromatic N) is 3. The molecule has 1 aromatic heterocycles. The second kappa shape index (κ2) is 4.49. The highest BCUT2D eigenvalue weighted by Crippen LogP contribution is 2.23. The first kappa shape index (κ1) is 11.5. The maximum absolute atomic E-state index is 5.93. The zero-order chi connectivity index (χ0) is 12.4. The molecule has 2 rings (SSSR count). The highest BCUT2D eigenvalue weighted by atomic mass is 15.0. The van der Waals surface area contributed by atoms with Crippen molar-refractivity contribution in [3.05, 3.63) is 35.9 Å². The van der Waals surface area contributed by atoms with Crippen molar-refractivity contribution in [1.29, 1.82) is 0 Å². The summed E-state index contributed by atoms with van der Waals surface area (Å²) in [6.07, 6.45) is 0. The number of hydrogen-bond acceptors (Lipinski definition) is 4. The monoisotopic (exact) mass is 228 g/mol. The molecular formula is C13H16N4. The van der Waals surface area contributed by atoms with E-state index in [1.165, 1.54) is 0 Å². The predicted molar refractivity (Wildman–Crippen MR) is 68.5 cm³/mol. The summed E-state index contributed by atoms with van der Waals surface area (Å²) in [5.74, 6) is 2.46. The molecular weight excluding hydrogens is 212 g/mol. The van der Waals surface area contributed by atoms with Crippen molar-refractivity contribution in [2.75, 3.05) is 5.73 Å². The molecule has 1 aromatic carbocycles. The van der Waals surface area contributed by atoms with Crippen LogP contribution in [0.3, 0.4) is 0 Å². The standard InChI is InChI=1S/C13H16N4/c1-8(2)12-15-9(3)16-13(17-12)10-6-4-5-7-11(10)14/h4-8H,14H2,1-3H3. The lowest BCUT2D eigenvalue weighted by molar-refractivity contribution is 0.750. The third-order valence-corrected chi connectivity index (χ3v) is 2.48. The van der Waals surface area contributed by atoms with Crippen LogP contribution in [0.2, 0.25) is 0 Å². The number of nitrogen functional groups attached to an aromatic ring is 1. The molecule has 4 nitrogen and oxygen atoms in total. The molecule has 0 aliphatic heterocycles. The topological polar surface area (TPSA) is 64.7 Å². The number of benzene rings is 1. The van der Waals surface area contributed by atoms with Gasteiger partial charge in [0.05, 0.1) is 0 Å². The van der Waals surface area contributed by atoms with Gasteiger partial charge in [-0.15, -0.1) is 0 Å². The second-order valence-corrected chi connectivity index (χ2v) is 4.31. The first-order chi connectivity index (χ1) is 8.08. The molecule has 17 heavy (non-hydrogen) atoms. The molecule has 0 bridgehead atoms. The number of rotatable bonds is 2. The Morgan fingerprint density at radius 3 is 2.41 bits per heavy atom. The molecule has 0 spiro atoms. The second-order valence-electron chi connectivity index (χ2n) is 4.31. The fourth-order valence-electron chi connectivity index (χ4n) is 1.58. The van der Waals surface area contributed by atoms with E-state index >= 15 is 0 Å². The Balaban J connectivity index is 2.56. The van der Waals surface area contributed by atoms with Crippen molar-refractivity contribution < 1.29 is 0 Å². The maximum atomic E-state index is 5.93. The fraction of sp³-hybridized carbons (Fsp3) is 0.308. The zero-order valence-corrected chi connectivity index (χ0v) is 10.3. The molecule has 0 unspecified atom stereocenters. The number of aryl methyl sites for hydroxylation is 1. The molecule has 1 heterocycles. The summed E-state index contributed by atoms with van der Waals surface area (Å²) in [7, 11) is 0. The third-order valence-electron chi connectivity index (χ3n) is 2.48. The molecule has 2 N–H and O–H groups in total. The Hall–Kier alpha value is -1.97. The number of hydrogen-bond donors (Lipinski definition) is 1. The van der Waals surface area contributed by atoms with Gasteiger partial charge in [-0.3, -0.25) is 0 Å². The van der Waals surface area contributed by atoms with E-state index in [2.05, 4.69) is 28.8 Å². The summed E-state index contributed by atoms with van der Waals surface area (Å²) < 4.78 is 0. The quantitative estimate of drug-likeness (QED) is 0.802. The van der Waals surface area contributed by atoms with Gasteiger partial charge in [-0.2, -0.15) is 0 Å². The summed E-state index contributed by atoms with van der Waals surface area (Å²) >= 11 is 0. The van der Waals surface area contributed by atoms with Crippen LogP contribution in [0.5, 0.6) is 0 Å². The van der Waals surface area contributed by atoms with Crippen LogP contribution < -0.4 is 5.73 Å². The SMILES string of the molecule is Cc1nc(-c2ccccc2N)nc(C(C)C)n1. The van der Waals surface area contributed by atoms with Crippen LogP contribution in [0.4, 0.5) is 5.69 Å². The minimum absolute atomic E-state index is 0.278. The fourth-order valence-corrected chi connectivity index (χ4v) is 1.58. The van der Waals surface area contributed by atoms with Crippen molar-refractivity contribution in [2.45, 2.75) is 26.7 Å². The highest BCUT2D eigenvalue weighted by molar-refractivity contribution is 5.71. The van der Waals surface area contributed by atoms with Gasteiger partial charge in [0, 0.05) is 17.2 Å². The minimum atomic E-state index is 0.278. The lowest BCUT2D eigenvalue weighted by atomic mass is 10.1. The smallest absolute Gasteiger partial charge is 0.165 e. The molecule has 0 saturated carbocycles. The molecule has 0 aliphatic carbocycles. The van der Waals surface area contributed by atoms with Gasteiger partial charge in [-0.05, 0) is 19.1 Å². The lowest BCUT2D eigenvalue weighted by Gasteiger charge is -2.08. The van der Waals surface area contributed by atoms with Gasteiger partial charge < -0.3 is 5.73 Å². The Morgan fingerprint density at radius 1 is 1.06 bits per heavy atom. The largest absolute Gasteiger partial charge is 0.398 e. The Bertz CT molecular complexity index is 535. The van der Waals surface area contributed by atoms with E-state index in [1.54, 1.807) is 0 Å². The van der Waals surface area contributed by atoms with Crippen LogP contribution in [0, 0.1) is 6.92 Å². The average molecular weight is 228 g/mol. The summed E-state index contributed by atoms with van der Waals surface area (Å²) in [6.45, 7) is 6.00. The number of aromatic nitrogens is 3. The van der Waals surface area contributed by atoms with E-state index in [9.17, 15) is 0 Å². The molecule has 0 aliphatic rings. The van der Waals surface area contributed by atoms with Crippen molar-refractivity contribution in [1.82, 2.24) is 15.0 Å². The van der Waals surface area contributed by atoms with Crippen LogP contribution in [0.1, 0.15) is 31.4 Å². The molecule has 2 aromatic rings. The first-order valence-electron chi connectivity index (χ1n) is 5.65. The van der Waals surface area contributed by atoms with Crippen molar-refractivity contribution in [2.24, 2.45) is 0 Å². The average Bonchev–Trinajstić information content (AvgIpc) is 2.28. The molecule has 0 radical (unpaired) electrons. The van der Waals surface area contributed by atoms with E-state index in [4.69, 9.17) is 5.73 Å². The van der Waals surface area contributed by atoms with Crippen LogP contribution >= 0.6 is 0 Å². The van der Waals surface area contributed by atoms with Crippen LogP contribution in [-0.2, 0) is 0 Å². The summed E-state index contributed by atoms with van der Waals surface area (Å²) in [6, 6.07) is 7.60. The Morgan fingerprint density at radius 2 is 1.76 bits per heavy atom. The van der Waals surface area contributed by atoms with Crippen molar-refractivity contribution >= 4 is 5.69 Å². The van der Waals surface area contributed by atoms with Gasteiger partial charge in [0.1, 0.15) is 11.6 Å². The number of para-hydroxylation sites is 1. The number of anilines is 1. The van der Waals surface area contributed by atoms with Gasteiger partial charge in [0.2, 0.25) is 0 Å². The maximum Gasteiger partial charge on any atom is 0.165 e. The van der Waals surface area contributed by atoms with Gasteiger partial charge in [-0.1, -0.05) is 26.0 Å². The first-order valence-corrected chi connectivity index (χ1v) is 5.65. The Labute approximate surface area is 101 Å². The van der Waals surface area contributed by atoms with Gasteiger partial charge in [0.15, 0.2) is 5.82 Å². The molecule has 4 heteroatoms. The summed E-state index contributed by atoms with van der Waals surface area (Å²) in [5, 5.41) is 0. The van der Waals surface area contributed by atoms with Crippen LogP contribution in [0.25, 0.3) is 11.4 Å². The Kier molecular flexibility index (Phi) is 3.04. The highest BCUT2D eigenvalue weighted by Gasteiger charge is 2.10. The van der Waals surface area contributed by atoms with E-state index in [1.807, 2.05) is 31.2 Å². The van der Waals surface area contributed by atoms with Gasteiger partial charge in [0.25, 0.3) is 0 Å². The third kappa shape index (κ3) is 2.41. The van der Waals surface area contributed by atoms with Gasteiger partial charge in [-0.25, -0.2) is 15.0 Å². The minimum Gasteiger partial charge on any atom is -0.398 e. The van der Waals surface area contributed by atoms with Gasteiger partial charge >= 0.3 is 0 Å².